The molecule has 0 aliphatic carbocycles. The summed E-state index contributed by atoms with van der Waals surface area (Å²) in [6.07, 6.45) is 1.18. The van der Waals surface area contributed by atoms with Crippen LogP contribution < -0.4 is 9.62 Å². The standard InChI is InChI=1S/C26H25Cl2N7O3S/c1-39(37,38)35(22-4-2-3-19(13-22)26(36)29-14-24-30-32-33-31-24)23-15-34(16-23)25(17-5-9-20(27)10-6-17)18-7-11-21(28)12-8-18/h2-13,23,25H,14-16H2,1H3,(H,29,36)(H,30,31,32,33). The van der Waals surface area contributed by atoms with Gasteiger partial charge in [0.2, 0.25) is 10.0 Å². The number of sulfonamides is 1. The third kappa shape index (κ3) is 6.22. The van der Waals surface area contributed by atoms with Gasteiger partial charge in [0.05, 0.1) is 30.6 Å². The van der Waals surface area contributed by atoms with Gasteiger partial charge in [-0.2, -0.15) is 5.21 Å². The van der Waals surface area contributed by atoms with Gasteiger partial charge in [0.1, 0.15) is 0 Å². The van der Waals surface area contributed by atoms with E-state index in [0.29, 0.717) is 40.2 Å². The zero-order valence-corrected chi connectivity index (χ0v) is 23.2. The van der Waals surface area contributed by atoms with Crippen LogP contribution in [0.4, 0.5) is 5.69 Å². The summed E-state index contributed by atoms with van der Waals surface area (Å²) in [5, 5.41) is 17.4. The van der Waals surface area contributed by atoms with Crippen molar-refractivity contribution in [3.63, 3.8) is 0 Å². The predicted molar refractivity (Wildman–Crippen MR) is 149 cm³/mol. The van der Waals surface area contributed by atoms with Crippen molar-refractivity contribution in [1.29, 1.82) is 0 Å². The van der Waals surface area contributed by atoms with Crippen LogP contribution in [0.1, 0.15) is 33.4 Å². The van der Waals surface area contributed by atoms with Crippen molar-refractivity contribution in [3.05, 3.63) is 105 Å². The monoisotopic (exact) mass is 585 g/mol. The Morgan fingerprint density at radius 1 is 1.05 bits per heavy atom. The van der Waals surface area contributed by atoms with E-state index in [-0.39, 0.29) is 24.5 Å². The largest absolute Gasteiger partial charge is 0.345 e. The second-order valence-electron chi connectivity index (χ2n) is 9.23. The number of halogens is 2. The van der Waals surface area contributed by atoms with Crippen LogP contribution in [0.2, 0.25) is 10.0 Å². The average molecular weight is 587 g/mol. The average Bonchev–Trinajstić information content (AvgIpc) is 3.41. The maximum absolute atomic E-state index is 13.0. The van der Waals surface area contributed by atoms with Crippen LogP contribution in [0.5, 0.6) is 0 Å². The normalized spacial score (nSPS) is 14.3. The van der Waals surface area contributed by atoms with Crippen molar-refractivity contribution >= 4 is 44.8 Å². The van der Waals surface area contributed by atoms with Gasteiger partial charge >= 0.3 is 0 Å². The van der Waals surface area contributed by atoms with Crippen LogP contribution >= 0.6 is 23.2 Å². The molecule has 202 valence electrons. The van der Waals surface area contributed by atoms with Gasteiger partial charge in [-0.25, -0.2) is 8.42 Å². The van der Waals surface area contributed by atoms with E-state index in [4.69, 9.17) is 23.2 Å². The van der Waals surface area contributed by atoms with Crippen LogP contribution in [-0.2, 0) is 16.6 Å². The minimum absolute atomic E-state index is 0.0870. The van der Waals surface area contributed by atoms with E-state index in [1.165, 1.54) is 10.6 Å². The highest BCUT2D eigenvalue weighted by molar-refractivity contribution is 7.92. The summed E-state index contributed by atoms with van der Waals surface area (Å²) in [6, 6.07) is 21.4. The molecule has 1 amide bonds. The summed E-state index contributed by atoms with van der Waals surface area (Å²) in [5.74, 6) is -0.0429. The van der Waals surface area contributed by atoms with Gasteiger partial charge in [-0.05, 0) is 53.6 Å². The molecule has 1 fully saturated rings. The zero-order chi connectivity index (χ0) is 27.6. The molecule has 0 atom stereocenters. The van der Waals surface area contributed by atoms with E-state index in [1.54, 1.807) is 24.3 Å². The van der Waals surface area contributed by atoms with Crippen molar-refractivity contribution in [2.45, 2.75) is 18.6 Å². The Hall–Kier alpha value is -3.51. The minimum Gasteiger partial charge on any atom is -0.345 e. The number of likely N-dealkylation sites (tertiary alicyclic amines) is 1. The fraction of sp³-hybridized carbons (Fsp3) is 0.231. The molecule has 1 saturated heterocycles. The molecule has 4 aromatic rings. The topological polar surface area (TPSA) is 124 Å². The molecule has 39 heavy (non-hydrogen) atoms. The lowest BCUT2D eigenvalue weighted by atomic mass is 9.93. The number of benzene rings is 3. The number of rotatable bonds is 9. The van der Waals surface area contributed by atoms with Gasteiger partial charge < -0.3 is 5.32 Å². The van der Waals surface area contributed by atoms with Crippen LogP contribution in [0, 0.1) is 0 Å². The Morgan fingerprint density at radius 2 is 1.67 bits per heavy atom. The van der Waals surface area contributed by atoms with Crippen LogP contribution in [0.15, 0.2) is 72.8 Å². The number of H-pyrrole nitrogens is 1. The van der Waals surface area contributed by atoms with E-state index in [2.05, 4.69) is 30.8 Å². The Morgan fingerprint density at radius 3 is 2.21 bits per heavy atom. The lowest BCUT2D eigenvalue weighted by Crippen LogP contribution is -2.61. The Balaban J connectivity index is 1.37. The summed E-state index contributed by atoms with van der Waals surface area (Å²) in [4.78, 5) is 14.9. The Labute approximate surface area is 236 Å². The quantitative estimate of drug-likeness (QED) is 0.307. The molecule has 13 heteroatoms. The van der Waals surface area contributed by atoms with Crippen molar-refractivity contribution in [2.75, 3.05) is 23.7 Å². The molecule has 1 aliphatic heterocycles. The molecule has 1 aliphatic rings. The first kappa shape index (κ1) is 27.1. The molecular weight excluding hydrogens is 561 g/mol. The highest BCUT2D eigenvalue weighted by atomic mass is 35.5. The van der Waals surface area contributed by atoms with Gasteiger partial charge in [-0.15, -0.1) is 10.2 Å². The fourth-order valence-electron chi connectivity index (χ4n) is 4.73. The second kappa shape index (κ2) is 11.3. The minimum atomic E-state index is -3.65. The molecule has 10 nitrogen and oxygen atoms in total. The van der Waals surface area contributed by atoms with E-state index in [1.807, 2.05) is 48.5 Å². The first-order valence-corrected chi connectivity index (χ1v) is 14.6. The SMILES string of the molecule is CS(=O)(=O)N(c1cccc(C(=O)NCc2nn[nH]n2)c1)C1CN(C(c2ccc(Cl)cc2)c2ccc(Cl)cc2)C1. The van der Waals surface area contributed by atoms with E-state index in [9.17, 15) is 13.2 Å². The highest BCUT2D eigenvalue weighted by Gasteiger charge is 2.40. The number of aromatic nitrogens is 4. The number of aromatic amines is 1. The molecular formula is C26H25Cl2N7O3S. The second-order valence-corrected chi connectivity index (χ2v) is 12.0. The molecule has 0 spiro atoms. The molecule has 0 saturated carbocycles. The summed E-state index contributed by atoms with van der Waals surface area (Å²) >= 11 is 12.3. The molecule has 2 N–H and O–H groups in total. The first-order valence-electron chi connectivity index (χ1n) is 12.0. The molecule has 3 aromatic carbocycles. The van der Waals surface area contributed by atoms with Gasteiger partial charge in [0.15, 0.2) is 5.82 Å². The number of amides is 1. The fourth-order valence-corrected chi connectivity index (χ4v) is 6.15. The van der Waals surface area contributed by atoms with Gasteiger partial charge in [-0.1, -0.05) is 58.7 Å². The lowest BCUT2D eigenvalue weighted by molar-refractivity contribution is 0.0949. The number of hydrogen-bond donors (Lipinski definition) is 2. The summed E-state index contributed by atoms with van der Waals surface area (Å²) in [7, 11) is -3.65. The molecule has 0 radical (unpaired) electrons. The highest BCUT2D eigenvalue weighted by Crippen LogP contribution is 2.36. The first-order chi connectivity index (χ1) is 18.7. The molecule has 1 aromatic heterocycles. The van der Waals surface area contributed by atoms with E-state index < -0.39 is 10.0 Å². The zero-order valence-electron chi connectivity index (χ0n) is 20.8. The number of carbonyl (C=O) groups is 1. The number of carbonyl (C=O) groups excluding carboxylic acids is 1. The van der Waals surface area contributed by atoms with Crippen molar-refractivity contribution in [2.24, 2.45) is 0 Å². The third-order valence-electron chi connectivity index (χ3n) is 6.48. The Bertz CT molecular complexity index is 1500. The summed E-state index contributed by atoms with van der Waals surface area (Å²) < 4.78 is 27.3. The van der Waals surface area contributed by atoms with Crippen molar-refractivity contribution < 1.29 is 13.2 Å². The molecule has 2 heterocycles. The smallest absolute Gasteiger partial charge is 0.251 e. The number of nitrogens with one attached hydrogen (secondary N) is 2. The molecule has 0 unspecified atom stereocenters. The Kier molecular flexibility index (Phi) is 7.85. The lowest BCUT2D eigenvalue weighted by Gasteiger charge is -2.48. The molecule has 5 rings (SSSR count). The van der Waals surface area contributed by atoms with E-state index in [0.717, 1.165) is 11.1 Å². The van der Waals surface area contributed by atoms with Crippen LogP contribution in [0.3, 0.4) is 0 Å². The van der Waals surface area contributed by atoms with Crippen molar-refractivity contribution in [1.82, 2.24) is 30.8 Å². The predicted octanol–water partition coefficient (Wildman–Crippen LogP) is 3.68. The number of tetrazole rings is 1. The molecule has 0 bridgehead atoms. The van der Waals surface area contributed by atoms with Gasteiger partial charge in [0.25, 0.3) is 5.91 Å². The summed E-state index contributed by atoms with van der Waals surface area (Å²) in [6.45, 7) is 1.05. The van der Waals surface area contributed by atoms with E-state index >= 15 is 0 Å². The van der Waals surface area contributed by atoms with Crippen LogP contribution in [0.25, 0.3) is 0 Å². The van der Waals surface area contributed by atoms with Crippen LogP contribution in [-0.4, -0.2) is 65.2 Å². The third-order valence-corrected chi connectivity index (χ3v) is 8.20. The summed E-state index contributed by atoms with van der Waals surface area (Å²) in [5.41, 5.74) is 2.81. The number of hydrogen-bond acceptors (Lipinski definition) is 7. The number of anilines is 1. The van der Waals surface area contributed by atoms with Gasteiger partial charge in [0, 0.05) is 28.7 Å². The van der Waals surface area contributed by atoms with Gasteiger partial charge in [-0.3, -0.25) is 14.0 Å². The maximum Gasteiger partial charge on any atom is 0.251 e. The maximum atomic E-state index is 13.0. The van der Waals surface area contributed by atoms with Crippen molar-refractivity contribution in [3.8, 4) is 0 Å². The number of nitrogens with zero attached hydrogens (tertiary/aromatic N) is 5.